The number of H-pyrrole nitrogens is 1. The number of carbonyl (C=O) groups excluding carboxylic acids is 1. The van der Waals surface area contributed by atoms with E-state index in [4.69, 9.17) is 18.2 Å². The van der Waals surface area contributed by atoms with Crippen LogP contribution >= 0.6 is 8.25 Å². The van der Waals surface area contributed by atoms with E-state index in [9.17, 15) is 32.6 Å². The maximum Gasteiger partial charge on any atom is 0.336 e. The average Bonchev–Trinajstić information content (AvgIpc) is 3.81. The van der Waals surface area contributed by atoms with Gasteiger partial charge in [-0.15, -0.1) is 0 Å². The maximum absolute atomic E-state index is 15.6. The number of nitrogens with zero attached hydrogens (tertiary/aromatic N) is 7. The minimum Gasteiger partial charge on any atom is -0.394 e. The number of fused-ring (bicyclic) bond motifs is 2. The molecule has 49 heavy (non-hydrogen) atoms. The molecule has 1 amide bonds. The van der Waals surface area contributed by atoms with E-state index in [0.717, 1.165) is 10.9 Å². The summed E-state index contributed by atoms with van der Waals surface area (Å²) in [7, 11) is -8.72. The summed E-state index contributed by atoms with van der Waals surface area (Å²) in [6, 6.07) is 0. The fourth-order valence-corrected chi connectivity index (χ4v) is 6.72. The van der Waals surface area contributed by atoms with Crippen LogP contribution in [-0.4, -0.2) is 113 Å². The molecule has 5 N–H and O–H groups in total. The molecule has 25 heteroatoms. The van der Waals surface area contributed by atoms with Gasteiger partial charge in [-0.05, 0) is 0 Å². The predicted molar refractivity (Wildman–Crippen MR) is 160 cm³/mol. The molecule has 4 aromatic rings. The molecule has 2 aliphatic rings. The van der Waals surface area contributed by atoms with Crippen molar-refractivity contribution in [3.63, 3.8) is 0 Å². The van der Waals surface area contributed by atoms with Gasteiger partial charge in [0.25, 0.3) is 5.56 Å². The number of anilines is 1. The largest absolute Gasteiger partial charge is 0.394 e. The van der Waals surface area contributed by atoms with Crippen molar-refractivity contribution in [2.75, 3.05) is 18.5 Å². The van der Waals surface area contributed by atoms with E-state index in [0.29, 0.717) is 0 Å². The van der Waals surface area contributed by atoms with Gasteiger partial charge in [-0.25, -0.2) is 32.9 Å². The second-order valence-electron chi connectivity index (χ2n) is 11.2. The molecule has 0 bridgehead atoms. The number of alkyl halides is 2. The minimum absolute atomic E-state index is 0.153. The fourth-order valence-electron chi connectivity index (χ4n) is 5.28. The van der Waals surface area contributed by atoms with Gasteiger partial charge in [0.15, 0.2) is 47.7 Å². The summed E-state index contributed by atoms with van der Waals surface area (Å²) < 4.78 is 94.4. The first kappa shape index (κ1) is 35.0. The highest BCUT2D eigenvalue weighted by molar-refractivity contribution is 7.84. The Labute approximate surface area is 274 Å². The first-order chi connectivity index (χ1) is 23.3. The number of aliphatic hydroxyl groups is 1. The number of hydrogen-bond donors (Lipinski definition) is 5. The van der Waals surface area contributed by atoms with Crippen LogP contribution in [0.25, 0.3) is 22.3 Å². The lowest BCUT2D eigenvalue weighted by Gasteiger charge is -2.22. The van der Waals surface area contributed by atoms with E-state index in [-0.39, 0.29) is 28.3 Å². The number of amides is 1. The van der Waals surface area contributed by atoms with Crippen molar-refractivity contribution in [3.05, 3.63) is 35.5 Å². The number of rotatable bonds is 12. The van der Waals surface area contributed by atoms with Crippen LogP contribution in [0, 0.1) is 5.92 Å². The average molecular weight is 735 g/mol. The Hall–Kier alpha value is -3.87. The third-order valence-electron chi connectivity index (χ3n) is 7.63. The van der Waals surface area contributed by atoms with E-state index in [1.807, 2.05) is 4.72 Å². The highest BCUT2D eigenvalue weighted by atomic mass is 32.2. The Balaban J connectivity index is 1.23. The molecule has 0 saturated carbocycles. The van der Waals surface area contributed by atoms with Crippen LogP contribution in [0.1, 0.15) is 26.3 Å². The highest BCUT2D eigenvalue weighted by Gasteiger charge is 2.51. The summed E-state index contributed by atoms with van der Waals surface area (Å²) in [5, 5.41) is 12.1. The lowest BCUT2D eigenvalue weighted by atomic mass is 10.1. The number of nitrogens with one attached hydrogen (secondary N) is 3. The maximum atomic E-state index is 15.6. The van der Waals surface area contributed by atoms with Gasteiger partial charge in [0.2, 0.25) is 11.9 Å². The number of aromatic amines is 1. The van der Waals surface area contributed by atoms with Crippen molar-refractivity contribution in [1.29, 1.82) is 0 Å². The van der Waals surface area contributed by atoms with E-state index >= 15 is 8.78 Å². The number of carbonyl (C=O) groups is 1. The fraction of sp³-hybridized carbons (Fsp3) is 0.542. The smallest absolute Gasteiger partial charge is 0.336 e. The first-order valence-electron chi connectivity index (χ1n) is 14.5. The molecule has 266 valence electrons. The minimum atomic E-state index is -4.97. The molecule has 2 aliphatic heterocycles. The molecular weight excluding hydrogens is 705 g/mol. The van der Waals surface area contributed by atoms with E-state index in [1.165, 1.54) is 23.4 Å². The van der Waals surface area contributed by atoms with E-state index in [1.54, 1.807) is 13.8 Å². The normalized spacial score (nSPS) is 28.1. The van der Waals surface area contributed by atoms with Crippen LogP contribution in [0.3, 0.4) is 0 Å². The van der Waals surface area contributed by atoms with E-state index < -0.39 is 98.3 Å². The van der Waals surface area contributed by atoms with Crippen LogP contribution in [0.5, 0.6) is 0 Å². The molecule has 4 aromatic heterocycles. The number of ether oxygens (including phenoxy) is 2. The number of imidazole rings is 2. The summed E-state index contributed by atoms with van der Waals surface area (Å²) in [6.07, 6.45) is -9.72. The lowest BCUT2D eigenvalue weighted by Crippen LogP contribution is -2.43. The number of aromatic nitrogens is 8. The third kappa shape index (κ3) is 6.95. The molecule has 0 aliphatic carbocycles. The summed E-state index contributed by atoms with van der Waals surface area (Å²) in [5.41, 5.74) is -0.869. The van der Waals surface area contributed by atoms with Crippen molar-refractivity contribution in [2.45, 2.75) is 63.1 Å². The summed E-state index contributed by atoms with van der Waals surface area (Å²) in [4.78, 5) is 56.6. The summed E-state index contributed by atoms with van der Waals surface area (Å²) in [6.45, 7) is 1.51. The number of hydrogen-bond acceptors (Lipinski definition) is 15. The predicted octanol–water partition coefficient (Wildman–Crippen LogP) is -0.996. The van der Waals surface area contributed by atoms with Gasteiger partial charge in [0.1, 0.15) is 30.2 Å². The van der Waals surface area contributed by atoms with Gasteiger partial charge < -0.3 is 24.0 Å². The van der Waals surface area contributed by atoms with Crippen molar-refractivity contribution >= 4 is 52.7 Å². The standard InChI is InChI=1S/C24H29F2N10O11PS/c1-9(2)20(38)33-24-32-19-15(21(39)34-24)30-8-36(19)23-17(13(25)12(5-37)45-23)47-49(42,43)31-4-11-16(46-48(40)41)14(26)22(44-11)35-7-29-10-3-27-6-28-18(10)35/h3,6-9,11-14,16-17,22-23,31,37,48H,4-5H2,1-2H3,(H,40,41)(H2,32,33,34,38,39)/t11-,12?,13-,14-,16-,17-,22-,23-/m1/s1. The Kier molecular flexibility index (Phi) is 9.85. The molecule has 6 rings (SSSR count). The van der Waals surface area contributed by atoms with Crippen LogP contribution in [0.4, 0.5) is 14.7 Å². The van der Waals surface area contributed by atoms with Crippen molar-refractivity contribution < 1.29 is 54.7 Å². The Morgan fingerprint density at radius 1 is 1.10 bits per heavy atom. The molecule has 0 aromatic carbocycles. The van der Waals surface area contributed by atoms with E-state index in [2.05, 4.69) is 35.2 Å². The van der Waals surface area contributed by atoms with Crippen molar-refractivity contribution in [3.8, 4) is 0 Å². The molecule has 0 spiro atoms. The quantitative estimate of drug-likeness (QED) is 0.109. The van der Waals surface area contributed by atoms with Gasteiger partial charge in [-0.3, -0.25) is 33.6 Å². The third-order valence-corrected chi connectivity index (χ3v) is 9.10. The Bertz CT molecular complexity index is 2050. The highest BCUT2D eigenvalue weighted by Crippen LogP contribution is 2.39. The van der Waals surface area contributed by atoms with Crippen LogP contribution < -0.4 is 15.6 Å². The van der Waals surface area contributed by atoms with Crippen LogP contribution in [-0.2, 0) is 37.8 Å². The van der Waals surface area contributed by atoms with Crippen molar-refractivity contribution in [2.24, 2.45) is 5.92 Å². The molecule has 21 nitrogen and oxygen atoms in total. The second kappa shape index (κ2) is 13.8. The SMILES string of the molecule is CC(C)C(=O)Nc1nc2c(ncn2[C@@H]2OC(CO)[C@@H](F)[C@H]2OS(=O)(=O)NC[C@H]2O[C@@H](n3cnc4cncnc43)[C@H](F)[C@@H]2O[PH](=O)O)c(=O)[nH]1. The molecule has 6 heterocycles. The van der Waals surface area contributed by atoms with Gasteiger partial charge in [-0.1, -0.05) is 13.8 Å². The van der Waals surface area contributed by atoms with Crippen LogP contribution in [0.2, 0.25) is 0 Å². The van der Waals surface area contributed by atoms with Crippen molar-refractivity contribution in [1.82, 2.24) is 43.8 Å². The van der Waals surface area contributed by atoms with Crippen LogP contribution in [0.15, 0.2) is 30.0 Å². The Morgan fingerprint density at radius 3 is 2.53 bits per heavy atom. The molecule has 2 fully saturated rings. The molecular formula is C24H29F2N10O11PS. The lowest BCUT2D eigenvalue weighted by molar-refractivity contribution is -0.118. The summed E-state index contributed by atoms with van der Waals surface area (Å²) >= 11 is 0. The first-order valence-corrected chi connectivity index (χ1v) is 17.1. The zero-order valence-electron chi connectivity index (χ0n) is 25.3. The molecule has 9 atom stereocenters. The topological polar surface area (TPSA) is 277 Å². The Morgan fingerprint density at radius 2 is 1.82 bits per heavy atom. The van der Waals surface area contributed by atoms with Gasteiger partial charge >= 0.3 is 18.6 Å². The second-order valence-corrected chi connectivity index (χ2v) is 13.3. The monoisotopic (exact) mass is 734 g/mol. The molecule has 2 saturated heterocycles. The zero-order valence-corrected chi connectivity index (χ0v) is 27.1. The zero-order chi connectivity index (χ0) is 35.2. The number of aliphatic hydroxyl groups excluding tert-OH is 1. The van der Waals surface area contributed by atoms with Gasteiger partial charge in [0, 0.05) is 12.5 Å². The van der Waals surface area contributed by atoms with Gasteiger partial charge in [-0.2, -0.15) is 18.1 Å². The number of halogens is 2. The van der Waals surface area contributed by atoms with Gasteiger partial charge in [0.05, 0.1) is 25.5 Å². The molecule has 2 unspecified atom stereocenters. The summed E-state index contributed by atoms with van der Waals surface area (Å²) in [5.74, 6) is -1.25. The molecule has 0 radical (unpaired) electrons.